The minimum atomic E-state index is -1.09. The van der Waals surface area contributed by atoms with Crippen LogP contribution in [0, 0.1) is 5.92 Å². The molecule has 0 radical (unpaired) electrons. The summed E-state index contributed by atoms with van der Waals surface area (Å²) in [7, 11) is 0. The third kappa shape index (κ3) is 1.15. The van der Waals surface area contributed by atoms with Gasteiger partial charge >= 0.3 is 0 Å². The fourth-order valence-electron chi connectivity index (χ4n) is 1.28. The van der Waals surface area contributed by atoms with Crippen LogP contribution in [-0.2, 0) is 0 Å². The van der Waals surface area contributed by atoms with Crippen molar-refractivity contribution in [1.82, 2.24) is 0 Å². The van der Waals surface area contributed by atoms with Crippen molar-refractivity contribution >= 4 is 0 Å². The highest BCUT2D eigenvalue weighted by molar-refractivity contribution is 4.90. The van der Waals surface area contributed by atoms with Gasteiger partial charge in [-0.3, -0.25) is 0 Å². The monoisotopic (exact) mass is 148 g/mol. The lowest BCUT2D eigenvalue weighted by atomic mass is 10.1. The van der Waals surface area contributed by atoms with Crippen molar-refractivity contribution in [2.45, 2.75) is 24.7 Å². The van der Waals surface area contributed by atoms with E-state index in [1.165, 1.54) is 0 Å². The molecular weight excluding hydrogens is 136 g/mol. The third-order valence-electron chi connectivity index (χ3n) is 2.01. The molecule has 0 heterocycles. The summed E-state index contributed by atoms with van der Waals surface area (Å²) in [5.74, 6) is -0.370. The molecule has 0 aromatic carbocycles. The average molecular weight is 148 g/mol. The molecule has 1 saturated carbocycles. The summed E-state index contributed by atoms with van der Waals surface area (Å²) in [4.78, 5) is 0. The van der Waals surface area contributed by atoms with Crippen molar-refractivity contribution in [3.63, 3.8) is 0 Å². The topological polar surface area (TPSA) is 80.9 Å². The van der Waals surface area contributed by atoms with E-state index >= 15 is 0 Å². The Balaban J connectivity index is 2.53. The van der Waals surface area contributed by atoms with Crippen molar-refractivity contribution in [3.8, 4) is 0 Å². The molecule has 0 aliphatic heterocycles. The minimum absolute atomic E-state index is 0.185. The molecule has 4 nitrogen and oxygen atoms in total. The van der Waals surface area contributed by atoms with Gasteiger partial charge in [-0.25, -0.2) is 0 Å². The van der Waals surface area contributed by atoms with Crippen molar-refractivity contribution in [2.75, 3.05) is 6.61 Å². The summed E-state index contributed by atoms with van der Waals surface area (Å²) < 4.78 is 0. The second-order valence-electron chi connectivity index (χ2n) is 2.73. The molecule has 0 aromatic rings. The van der Waals surface area contributed by atoms with E-state index in [2.05, 4.69) is 0 Å². The zero-order chi connectivity index (χ0) is 7.72. The number of aliphatic hydroxyl groups excluding tert-OH is 4. The molecule has 10 heavy (non-hydrogen) atoms. The molecule has 1 aliphatic rings. The summed E-state index contributed by atoms with van der Waals surface area (Å²) >= 11 is 0. The van der Waals surface area contributed by atoms with E-state index in [9.17, 15) is 0 Å². The molecule has 4 atom stereocenters. The van der Waals surface area contributed by atoms with Gasteiger partial charge in [-0.05, 0) is 6.42 Å². The fraction of sp³-hybridized carbons (Fsp3) is 1.00. The van der Waals surface area contributed by atoms with Crippen molar-refractivity contribution < 1.29 is 20.4 Å². The molecule has 0 spiro atoms. The lowest BCUT2D eigenvalue weighted by Crippen LogP contribution is -2.31. The summed E-state index contributed by atoms with van der Waals surface area (Å²) in [5, 5.41) is 35.6. The highest BCUT2D eigenvalue weighted by Gasteiger charge is 2.39. The Morgan fingerprint density at radius 3 is 1.90 bits per heavy atom. The van der Waals surface area contributed by atoms with Crippen molar-refractivity contribution in [2.24, 2.45) is 5.92 Å². The Bertz CT molecular complexity index is 116. The molecule has 0 bridgehead atoms. The van der Waals surface area contributed by atoms with Gasteiger partial charge in [-0.15, -0.1) is 0 Å². The second-order valence-corrected chi connectivity index (χ2v) is 2.73. The van der Waals surface area contributed by atoms with E-state index in [1.54, 1.807) is 0 Å². The molecule has 0 saturated heterocycles. The van der Waals surface area contributed by atoms with Gasteiger partial charge in [-0.2, -0.15) is 0 Å². The Morgan fingerprint density at radius 1 is 1.10 bits per heavy atom. The van der Waals surface area contributed by atoms with Crippen LogP contribution < -0.4 is 0 Å². The maximum atomic E-state index is 9.06. The average Bonchev–Trinajstić information content (AvgIpc) is 2.17. The minimum Gasteiger partial charge on any atom is -0.396 e. The zero-order valence-corrected chi connectivity index (χ0v) is 5.51. The number of hydrogen-bond donors (Lipinski definition) is 4. The second kappa shape index (κ2) is 2.84. The van der Waals surface area contributed by atoms with E-state index in [0.717, 1.165) is 0 Å². The Kier molecular flexibility index (Phi) is 2.25. The third-order valence-corrected chi connectivity index (χ3v) is 2.01. The Labute approximate surface area is 58.7 Å². The van der Waals surface area contributed by atoms with E-state index < -0.39 is 18.3 Å². The van der Waals surface area contributed by atoms with Crippen LogP contribution in [0.2, 0.25) is 0 Å². The number of rotatable bonds is 1. The highest BCUT2D eigenvalue weighted by Crippen LogP contribution is 2.25. The predicted octanol–water partition coefficient (Wildman–Crippen LogP) is -1.92. The van der Waals surface area contributed by atoms with Crippen LogP contribution in [0.4, 0.5) is 0 Å². The predicted molar refractivity (Wildman–Crippen MR) is 33.2 cm³/mol. The summed E-state index contributed by atoms with van der Waals surface area (Å²) in [6.07, 6.45) is -2.66. The van der Waals surface area contributed by atoms with Crippen LogP contribution in [-0.4, -0.2) is 45.3 Å². The van der Waals surface area contributed by atoms with Crippen LogP contribution in [0.5, 0.6) is 0 Å². The molecular formula is C6H12O4. The fourth-order valence-corrected chi connectivity index (χ4v) is 1.28. The molecule has 1 rings (SSSR count). The van der Waals surface area contributed by atoms with E-state index in [0.29, 0.717) is 0 Å². The van der Waals surface area contributed by atoms with Crippen LogP contribution in [0.15, 0.2) is 0 Å². The smallest absolute Gasteiger partial charge is 0.106 e. The quantitative estimate of drug-likeness (QED) is 0.349. The maximum Gasteiger partial charge on any atom is 0.106 e. The molecule has 60 valence electrons. The lowest BCUT2D eigenvalue weighted by Gasteiger charge is -2.12. The maximum absolute atomic E-state index is 9.06. The molecule has 4 N–H and O–H groups in total. The van der Waals surface area contributed by atoms with Crippen LogP contribution in [0.25, 0.3) is 0 Å². The highest BCUT2D eigenvalue weighted by atomic mass is 16.4. The molecule has 1 fully saturated rings. The van der Waals surface area contributed by atoms with Gasteiger partial charge in [0.1, 0.15) is 6.10 Å². The first-order valence-electron chi connectivity index (χ1n) is 3.32. The van der Waals surface area contributed by atoms with Gasteiger partial charge in [0.2, 0.25) is 0 Å². The van der Waals surface area contributed by atoms with Gasteiger partial charge in [-0.1, -0.05) is 0 Å². The van der Waals surface area contributed by atoms with Crippen LogP contribution >= 0.6 is 0 Å². The first kappa shape index (κ1) is 7.94. The van der Waals surface area contributed by atoms with Crippen LogP contribution in [0.3, 0.4) is 0 Å². The molecule has 4 heteroatoms. The summed E-state index contributed by atoms with van der Waals surface area (Å²) in [6, 6.07) is 0. The molecule has 0 amide bonds. The molecule has 1 aliphatic carbocycles. The van der Waals surface area contributed by atoms with Gasteiger partial charge in [0.15, 0.2) is 0 Å². The van der Waals surface area contributed by atoms with Gasteiger partial charge in [0.25, 0.3) is 0 Å². The Morgan fingerprint density at radius 2 is 1.70 bits per heavy atom. The zero-order valence-electron chi connectivity index (χ0n) is 5.51. The van der Waals surface area contributed by atoms with E-state index in [4.69, 9.17) is 20.4 Å². The number of hydrogen-bond acceptors (Lipinski definition) is 4. The molecule has 0 aromatic heterocycles. The standard InChI is InChI=1S/C6H12O4/c7-2-3-1-4(8)6(10)5(3)9/h3-10H,1-2H2/t3-,4-,5-,6+/m0/s1. The Hall–Kier alpha value is -0.160. The largest absolute Gasteiger partial charge is 0.396 e. The number of aliphatic hydroxyl groups is 4. The lowest BCUT2D eigenvalue weighted by molar-refractivity contribution is -0.0302. The normalized spacial score (nSPS) is 48.0. The summed E-state index contributed by atoms with van der Waals surface area (Å²) in [5.41, 5.74) is 0. The first-order valence-corrected chi connectivity index (χ1v) is 3.32. The SMILES string of the molecule is OC[C@@H]1C[C@H](O)[C@@H](O)[C@H]1O. The first-order chi connectivity index (χ1) is 4.66. The van der Waals surface area contributed by atoms with Gasteiger partial charge < -0.3 is 20.4 Å². The molecule has 0 unspecified atom stereocenters. The van der Waals surface area contributed by atoms with E-state index in [-0.39, 0.29) is 18.9 Å². The van der Waals surface area contributed by atoms with Crippen molar-refractivity contribution in [1.29, 1.82) is 0 Å². The van der Waals surface area contributed by atoms with Gasteiger partial charge in [0, 0.05) is 12.5 Å². The summed E-state index contributed by atoms with van der Waals surface area (Å²) in [6.45, 7) is -0.185. The van der Waals surface area contributed by atoms with E-state index in [1.807, 2.05) is 0 Å². The van der Waals surface area contributed by atoms with Gasteiger partial charge in [0.05, 0.1) is 12.2 Å². The van der Waals surface area contributed by atoms with Crippen LogP contribution in [0.1, 0.15) is 6.42 Å². The van der Waals surface area contributed by atoms with Crippen molar-refractivity contribution in [3.05, 3.63) is 0 Å².